The molecule has 0 radical (unpaired) electrons. The second kappa shape index (κ2) is 36.1. The molecule has 0 bridgehead atoms. The van der Waals surface area contributed by atoms with E-state index in [1.807, 2.05) is 90.2 Å². The molecular formula is C130H81N11S3. The molecular weight excluding hydrogens is 1810 g/mol. The standard InChI is InChI=1S/C46H29N3S.C45H28N4S.C39H24N4S/c1-4-16-30(17-5-1)43-42(44(31-18-6-2-7-19-31)48-46(47-43)32-20-8-3-9-21-32)38-29-33(28-37-36-24-12-15-27-41(36)50-45(37)38)49-39-25-13-10-22-34(39)35-23-11-14-26-40(35)49;1-3-14-29(15-4-1)31-18-13-19-32(26-31)44-46-43(30-16-5-2-6-17-30)47-45(48-44)38-28-33(27-37-36-22-9-12-25-41(36)50-42(37)38)49-39-23-10-7-20-34(39)35-21-8-11-24-40(35)49;1-3-13-25(14-4-1)37-40-38(26-15-5-2-6-16-26)42-39(41-37)32-24-27(23-31-30-19-9-12-22-35(30)44-36(31)32)43-33-20-10-7-17-28(33)29-18-8-11-21-34(29)43/h1-29H;1-28H;1-24H. The van der Waals surface area contributed by atoms with Crippen LogP contribution in [0, 0.1) is 0 Å². The van der Waals surface area contributed by atoms with Crippen molar-refractivity contribution in [3.05, 3.63) is 491 Å². The first-order valence-corrected chi connectivity index (χ1v) is 50.6. The summed E-state index contributed by atoms with van der Waals surface area (Å²) < 4.78 is 14.4. The molecule has 0 N–H and O–H groups in total. The van der Waals surface area contributed by atoms with Crippen molar-refractivity contribution in [2.24, 2.45) is 0 Å². The Balaban J connectivity index is 0.000000108. The highest BCUT2D eigenvalue weighted by Crippen LogP contribution is 2.51. The van der Waals surface area contributed by atoms with E-state index in [4.69, 9.17) is 39.9 Å². The quantitative estimate of drug-likeness (QED) is 0.106. The largest absolute Gasteiger partial charge is 0.309 e. The van der Waals surface area contributed by atoms with Gasteiger partial charge in [-0.25, -0.2) is 39.9 Å². The smallest absolute Gasteiger partial charge is 0.165 e. The van der Waals surface area contributed by atoms with Crippen LogP contribution in [0.1, 0.15) is 0 Å². The van der Waals surface area contributed by atoms with Crippen LogP contribution in [-0.4, -0.2) is 53.6 Å². The van der Waals surface area contributed by atoms with Crippen molar-refractivity contribution in [3.8, 4) is 142 Å². The summed E-state index contributed by atoms with van der Waals surface area (Å²) in [5.74, 6) is 4.63. The Morgan fingerprint density at radius 2 is 0.368 bits per heavy atom. The number of benzene rings is 20. The SMILES string of the molecule is c1ccc(-c2cccc(-c3nc(-c4ccccc4)nc(-c4cc(-n5c6ccccc6c6ccccc65)cc5c4sc4ccccc45)n3)c2)cc1.c1ccc(-c2nc(-c3ccccc3)c(-c3cc(-n4c5ccccc5c5ccccc54)cc4c3sc3ccccc34)c(-c3ccccc3)n2)cc1.c1ccc(-c2nc(-c3ccccc3)nc(-c3cc(-n4c5ccccc5c5ccccc54)cc4c3sc3ccccc34)n2)cc1. The highest BCUT2D eigenvalue weighted by atomic mass is 32.1. The summed E-state index contributed by atoms with van der Waals surface area (Å²) in [7, 11) is 0. The molecule has 0 amide bonds. The third kappa shape index (κ3) is 15.1. The van der Waals surface area contributed by atoms with Gasteiger partial charge in [-0.15, -0.1) is 34.0 Å². The predicted molar refractivity (Wildman–Crippen MR) is 603 cm³/mol. The molecule has 11 nitrogen and oxygen atoms in total. The number of fused-ring (bicyclic) bond motifs is 18. The molecule has 0 spiro atoms. The molecule has 9 aromatic heterocycles. The number of para-hydroxylation sites is 6. The highest BCUT2D eigenvalue weighted by molar-refractivity contribution is 7.27. The predicted octanol–water partition coefficient (Wildman–Crippen LogP) is 35.0. The minimum Gasteiger partial charge on any atom is -0.309 e. The van der Waals surface area contributed by atoms with Gasteiger partial charge in [0.2, 0.25) is 0 Å². The molecule has 0 aliphatic rings. The first-order chi connectivity index (χ1) is 71.4. The number of hydrogen-bond acceptors (Lipinski definition) is 11. The van der Waals surface area contributed by atoms with E-state index in [2.05, 4.69) is 426 Å². The van der Waals surface area contributed by atoms with Crippen LogP contribution in [0.15, 0.2) is 491 Å². The highest BCUT2D eigenvalue weighted by Gasteiger charge is 2.29. The lowest BCUT2D eigenvalue weighted by Crippen LogP contribution is -2.02. The maximum atomic E-state index is 5.42. The third-order valence-electron chi connectivity index (χ3n) is 27.3. The topological polar surface area (TPSA) is 118 Å². The van der Waals surface area contributed by atoms with Gasteiger partial charge < -0.3 is 13.7 Å². The zero-order valence-corrected chi connectivity index (χ0v) is 79.9. The summed E-state index contributed by atoms with van der Waals surface area (Å²) in [5.41, 5.74) is 25.4. The van der Waals surface area contributed by atoms with Gasteiger partial charge in [-0.3, -0.25) is 0 Å². The van der Waals surface area contributed by atoms with Crippen molar-refractivity contribution in [2.75, 3.05) is 0 Å². The lowest BCUT2D eigenvalue weighted by atomic mass is 9.92. The van der Waals surface area contributed by atoms with Crippen molar-refractivity contribution >= 4 is 160 Å². The first kappa shape index (κ1) is 84.8. The normalized spacial score (nSPS) is 11.6. The minimum atomic E-state index is 0.642. The minimum absolute atomic E-state index is 0.642. The average molecular weight is 1890 g/mol. The molecule has 20 aromatic carbocycles. The van der Waals surface area contributed by atoms with Gasteiger partial charge in [0, 0.05) is 171 Å². The fraction of sp³-hybridized carbons (Fsp3) is 0. The van der Waals surface area contributed by atoms with E-state index in [1.54, 1.807) is 22.7 Å². The zero-order valence-electron chi connectivity index (χ0n) is 77.4. The average Bonchev–Trinajstić information content (AvgIpc) is 1.65. The molecule has 0 saturated carbocycles. The van der Waals surface area contributed by atoms with E-state index >= 15 is 0 Å². The molecule has 14 heteroatoms. The molecule has 0 aliphatic carbocycles. The Bertz CT molecular complexity index is 9760. The molecule has 29 rings (SSSR count). The molecule has 144 heavy (non-hydrogen) atoms. The Morgan fingerprint density at radius 3 is 0.681 bits per heavy atom. The van der Waals surface area contributed by atoms with Crippen molar-refractivity contribution in [3.63, 3.8) is 0 Å². The summed E-state index contributed by atoms with van der Waals surface area (Å²) in [6.07, 6.45) is 0. The second-order valence-electron chi connectivity index (χ2n) is 35.9. The monoisotopic (exact) mass is 1890 g/mol. The molecule has 0 aliphatic heterocycles. The van der Waals surface area contributed by atoms with Crippen LogP contribution in [0.25, 0.3) is 267 Å². The lowest BCUT2D eigenvalue weighted by Gasteiger charge is -2.19. The number of thiophene rings is 3. The summed E-state index contributed by atoms with van der Waals surface area (Å²) >= 11 is 5.42. The number of aromatic nitrogens is 11. The Hall–Kier alpha value is -18.4. The summed E-state index contributed by atoms with van der Waals surface area (Å²) in [6, 6.07) is 173. The molecule has 0 atom stereocenters. The molecule has 29 aromatic rings. The van der Waals surface area contributed by atoms with E-state index in [0.717, 1.165) is 117 Å². The third-order valence-corrected chi connectivity index (χ3v) is 30.9. The van der Waals surface area contributed by atoms with Gasteiger partial charge in [-0.1, -0.05) is 394 Å². The van der Waals surface area contributed by atoms with Gasteiger partial charge in [0.25, 0.3) is 0 Å². The van der Waals surface area contributed by atoms with Crippen molar-refractivity contribution in [1.29, 1.82) is 0 Å². The van der Waals surface area contributed by atoms with E-state index in [0.29, 0.717) is 40.8 Å². The maximum absolute atomic E-state index is 5.42. The van der Waals surface area contributed by atoms with Crippen LogP contribution >= 0.6 is 34.0 Å². The van der Waals surface area contributed by atoms with Gasteiger partial charge in [0.05, 0.1) is 44.5 Å². The maximum Gasteiger partial charge on any atom is 0.165 e. The zero-order chi connectivity index (χ0) is 95.1. The number of hydrogen-bond donors (Lipinski definition) is 0. The van der Waals surface area contributed by atoms with Crippen LogP contribution in [0.2, 0.25) is 0 Å². The number of rotatable bonds is 14. The van der Waals surface area contributed by atoms with Crippen molar-refractivity contribution in [2.45, 2.75) is 0 Å². The van der Waals surface area contributed by atoms with Gasteiger partial charge in [-0.05, 0) is 108 Å². The van der Waals surface area contributed by atoms with Crippen molar-refractivity contribution < 1.29 is 0 Å². The fourth-order valence-electron chi connectivity index (χ4n) is 20.7. The molecule has 0 fully saturated rings. The Morgan fingerprint density at radius 1 is 0.146 bits per heavy atom. The Kier molecular flexibility index (Phi) is 21.3. The van der Waals surface area contributed by atoms with Gasteiger partial charge in [0.15, 0.2) is 40.8 Å². The first-order valence-electron chi connectivity index (χ1n) is 48.2. The van der Waals surface area contributed by atoms with E-state index < -0.39 is 0 Å². The summed E-state index contributed by atoms with van der Waals surface area (Å²) in [4.78, 5) is 41.7. The molecule has 9 heterocycles. The second-order valence-corrected chi connectivity index (χ2v) is 39.0. The molecule has 674 valence electrons. The van der Waals surface area contributed by atoms with Crippen LogP contribution in [0.5, 0.6) is 0 Å². The van der Waals surface area contributed by atoms with Gasteiger partial charge >= 0.3 is 0 Å². The Labute approximate surface area is 839 Å². The number of nitrogens with zero attached hydrogens (tertiary/aromatic N) is 11. The van der Waals surface area contributed by atoms with Gasteiger partial charge in [-0.2, -0.15) is 0 Å². The van der Waals surface area contributed by atoms with Gasteiger partial charge in [0.1, 0.15) is 0 Å². The van der Waals surface area contributed by atoms with Crippen LogP contribution in [0.3, 0.4) is 0 Å². The van der Waals surface area contributed by atoms with Crippen LogP contribution in [0.4, 0.5) is 0 Å². The summed E-state index contributed by atoms with van der Waals surface area (Å²) in [6.45, 7) is 0. The molecule has 0 saturated heterocycles. The molecule has 0 unspecified atom stereocenters. The van der Waals surface area contributed by atoms with Crippen LogP contribution in [-0.2, 0) is 0 Å². The fourth-order valence-corrected chi connectivity index (χ4v) is 24.3. The van der Waals surface area contributed by atoms with E-state index in [-0.39, 0.29) is 0 Å². The lowest BCUT2D eigenvalue weighted by molar-refractivity contribution is 1.07. The summed E-state index contributed by atoms with van der Waals surface area (Å²) in [5, 5.41) is 14.7. The van der Waals surface area contributed by atoms with Crippen LogP contribution < -0.4 is 0 Å². The van der Waals surface area contributed by atoms with E-state index in [9.17, 15) is 0 Å². The van der Waals surface area contributed by atoms with Crippen molar-refractivity contribution in [1.82, 2.24) is 53.6 Å². The van der Waals surface area contributed by atoms with E-state index in [1.165, 1.54) is 110 Å².